The third kappa shape index (κ3) is 6.75. The standard InChI is InChI=1S/C46H46N2O3S/c1-6-36(20-15-27-50-45(49)31(4)5)51-37-19-14-18-34(29-37)48(33-16-10-9-11-17-33)35-24-26-39-38-25-23-32(44-47-42-21-12-13-22-43(42)52-44)28-40(38)46(7-2,8-3)41(39)30-35/h9-14,16-19,21-26,28-30,36H,4,6-8,15,20,27H2,1-3,5H3. The quantitative estimate of drug-likeness (QED) is 0.0641. The Morgan fingerprint density at radius 1 is 0.808 bits per heavy atom. The Balaban J connectivity index is 1.22. The van der Waals surface area contributed by atoms with E-state index in [2.05, 4.69) is 141 Å². The molecule has 52 heavy (non-hydrogen) atoms. The first-order valence-corrected chi connectivity index (χ1v) is 19.3. The third-order valence-electron chi connectivity index (χ3n) is 10.5. The van der Waals surface area contributed by atoms with Gasteiger partial charge in [-0.2, -0.15) is 0 Å². The minimum absolute atomic E-state index is 0.00447. The van der Waals surface area contributed by atoms with Gasteiger partial charge < -0.3 is 14.4 Å². The number of anilines is 3. The van der Waals surface area contributed by atoms with Crippen LogP contribution in [0, 0.1) is 0 Å². The van der Waals surface area contributed by atoms with Crippen LogP contribution in [-0.4, -0.2) is 23.7 Å². The number of esters is 1. The zero-order valence-electron chi connectivity index (χ0n) is 30.5. The van der Waals surface area contributed by atoms with Gasteiger partial charge in [-0.15, -0.1) is 11.3 Å². The maximum Gasteiger partial charge on any atom is 0.333 e. The lowest BCUT2D eigenvalue weighted by atomic mass is 9.73. The first kappa shape index (κ1) is 35.2. The van der Waals surface area contributed by atoms with Crippen molar-refractivity contribution in [1.29, 1.82) is 0 Å². The number of thiazole rings is 1. The molecular weight excluding hydrogens is 661 g/mol. The minimum atomic E-state index is -0.345. The van der Waals surface area contributed by atoms with Crippen LogP contribution >= 0.6 is 11.3 Å². The van der Waals surface area contributed by atoms with Crippen LogP contribution in [0.15, 0.2) is 127 Å². The Morgan fingerprint density at radius 3 is 2.23 bits per heavy atom. The summed E-state index contributed by atoms with van der Waals surface area (Å²) < 4.78 is 13.1. The maximum absolute atomic E-state index is 11.8. The van der Waals surface area contributed by atoms with E-state index in [-0.39, 0.29) is 17.5 Å². The molecule has 1 unspecified atom stereocenters. The summed E-state index contributed by atoms with van der Waals surface area (Å²) in [6.45, 7) is 12.5. The van der Waals surface area contributed by atoms with Gasteiger partial charge in [0.15, 0.2) is 0 Å². The van der Waals surface area contributed by atoms with Crippen molar-refractivity contribution in [2.75, 3.05) is 11.5 Å². The molecule has 5 aromatic carbocycles. The molecule has 5 nitrogen and oxygen atoms in total. The van der Waals surface area contributed by atoms with Gasteiger partial charge in [0.05, 0.1) is 22.9 Å². The van der Waals surface area contributed by atoms with E-state index >= 15 is 0 Å². The molecular formula is C46H46N2O3S. The van der Waals surface area contributed by atoms with Crippen LogP contribution in [0.25, 0.3) is 31.9 Å². The summed E-state index contributed by atoms with van der Waals surface area (Å²) in [7, 11) is 0. The van der Waals surface area contributed by atoms with E-state index in [0.717, 1.165) is 65.4 Å². The second-order valence-corrected chi connectivity index (χ2v) is 14.7. The number of rotatable bonds is 14. The van der Waals surface area contributed by atoms with E-state index < -0.39 is 0 Å². The lowest BCUT2D eigenvalue weighted by Gasteiger charge is -2.32. The van der Waals surface area contributed by atoms with Gasteiger partial charge in [-0.05, 0) is 116 Å². The molecule has 6 heteroatoms. The fraction of sp³-hybridized carbons (Fsp3) is 0.261. The van der Waals surface area contributed by atoms with Gasteiger partial charge in [0.1, 0.15) is 10.8 Å². The van der Waals surface area contributed by atoms with Gasteiger partial charge in [-0.3, -0.25) is 0 Å². The highest BCUT2D eigenvalue weighted by atomic mass is 32.1. The van der Waals surface area contributed by atoms with E-state index in [0.29, 0.717) is 12.2 Å². The van der Waals surface area contributed by atoms with Gasteiger partial charge in [0.2, 0.25) is 0 Å². The van der Waals surface area contributed by atoms with Crippen molar-refractivity contribution in [2.45, 2.75) is 71.3 Å². The van der Waals surface area contributed by atoms with Crippen LogP contribution in [0.5, 0.6) is 5.75 Å². The minimum Gasteiger partial charge on any atom is -0.490 e. The zero-order valence-corrected chi connectivity index (χ0v) is 31.3. The number of benzene rings is 5. The Morgan fingerprint density at radius 2 is 1.50 bits per heavy atom. The molecule has 1 heterocycles. The monoisotopic (exact) mass is 706 g/mol. The number of hydrogen-bond acceptors (Lipinski definition) is 6. The summed E-state index contributed by atoms with van der Waals surface area (Å²) in [6.07, 6.45) is 4.36. The number of ether oxygens (including phenoxy) is 2. The van der Waals surface area contributed by atoms with Crippen molar-refractivity contribution in [1.82, 2.24) is 4.98 Å². The molecule has 0 spiro atoms. The summed E-state index contributed by atoms with van der Waals surface area (Å²) in [5, 5.41) is 1.07. The highest BCUT2D eigenvalue weighted by Gasteiger charge is 2.41. The predicted molar refractivity (Wildman–Crippen MR) is 216 cm³/mol. The molecule has 1 aliphatic carbocycles. The van der Waals surface area contributed by atoms with Crippen LogP contribution in [0.4, 0.5) is 17.1 Å². The number of aromatic nitrogens is 1. The summed E-state index contributed by atoms with van der Waals surface area (Å²) in [5.41, 5.74) is 11.1. The smallest absolute Gasteiger partial charge is 0.333 e. The highest BCUT2D eigenvalue weighted by molar-refractivity contribution is 7.21. The summed E-state index contributed by atoms with van der Waals surface area (Å²) in [5.74, 6) is 0.471. The third-order valence-corrected chi connectivity index (χ3v) is 11.5. The predicted octanol–water partition coefficient (Wildman–Crippen LogP) is 12.6. The second-order valence-electron chi connectivity index (χ2n) is 13.6. The average molecular weight is 707 g/mol. The lowest BCUT2D eigenvalue weighted by Crippen LogP contribution is -2.23. The maximum atomic E-state index is 11.8. The Bertz CT molecular complexity index is 2190. The molecule has 0 fully saturated rings. The molecule has 0 saturated carbocycles. The Hall–Kier alpha value is -5.20. The Labute approximate surface area is 311 Å². The molecule has 0 amide bonds. The number of para-hydroxylation sites is 2. The summed E-state index contributed by atoms with van der Waals surface area (Å²) in [6, 6.07) is 41.3. The van der Waals surface area contributed by atoms with Crippen LogP contribution in [-0.2, 0) is 14.9 Å². The first-order valence-electron chi connectivity index (χ1n) is 18.4. The molecule has 264 valence electrons. The molecule has 0 radical (unpaired) electrons. The number of fused-ring (bicyclic) bond motifs is 4. The van der Waals surface area contributed by atoms with Crippen molar-refractivity contribution >= 4 is 44.6 Å². The average Bonchev–Trinajstić information content (AvgIpc) is 3.73. The van der Waals surface area contributed by atoms with E-state index in [4.69, 9.17) is 14.5 Å². The molecule has 7 rings (SSSR count). The number of carbonyl (C=O) groups is 1. The normalized spacial score (nSPS) is 13.3. The molecule has 1 atom stereocenters. The van der Waals surface area contributed by atoms with Crippen molar-refractivity contribution < 1.29 is 14.3 Å². The van der Waals surface area contributed by atoms with Crippen molar-refractivity contribution in [3.63, 3.8) is 0 Å². The van der Waals surface area contributed by atoms with Crippen molar-refractivity contribution in [3.8, 4) is 27.4 Å². The second kappa shape index (κ2) is 15.2. The van der Waals surface area contributed by atoms with Crippen molar-refractivity contribution in [2.24, 2.45) is 0 Å². The molecule has 0 saturated heterocycles. The molecule has 6 aromatic rings. The molecule has 0 N–H and O–H groups in total. The van der Waals surface area contributed by atoms with Crippen LogP contribution in [0.3, 0.4) is 0 Å². The van der Waals surface area contributed by atoms with Gasteiger partial charge in [0, 0.05) is 39.7 Å². The topological polar surface area (TPSA) is 51.7 Å². The zero-order chi connectivity index (χ0) is 36.2. The van der Waals surface area contributed by atoms with Crippen LogP contribution in [0.1, 0.15) is 70.9 Å². The highest BCUT2D eigenvalue weighted by Crippen LogP contribution is 2.55. The number of nitrogens with zero attached hydrogens (tertiary/aromatic N) is 2. The van der Waals surface area contributed by atoms with Gasteiger partial charge >= 0.3 is 5.97 Å². The lowest BCUT2D eigenvalue weighted by molar-refractivity contribution is -0.139. The molecule has 1 aromatic heterocycles. The van der Waals surface area contributed by atoms with E-state index in [1.807, 2.05) is 6.07 Å². The van der Waals surface area contributed by atoms with Gasteiger partial charge in [-0.25, -0.2) is 9.78 Å². The van der Waals surface area contributed by atoms with Gasteiger partial charge in [-0.1, -0.05) is 81.9 Å². The van der Waals surface area contributed by atoms with Gasteiger partial charge in [0.25, 0.3) is 0 Å². The first-order chi connectivity index (χ1) is 25.3. The number of hydrogen-bond donors (Lipinski definition) is 0. The number of carbonyl (C=O) groups excluding carboxylic acids is 1. The Kier molecular flexibility index (Phi) is 10.3. The van der Waals surface area contributed by atoms with Crippen molar-refractivity contribution in [3.05, 3.63) is 139 Å². The van der Waals surface area contributed by atoms with E-state index in [1.165, 1.54) is 32.5 Å². The molecule has 0 aliphatic heterocycles. The molecule has 1 aliphatic rings. The largest absolute Gasteiger partial charge is 0.490 e. The summed E-state index contributed by atoms with van der Waals surface area (Å²) >= 11 is 1.76. The molecule has 0 bridgehead atoms. The van der Waals surface area contributed by atoms with E-state index in [9.17, 15) is 4.79 Å². The SMILES string of the molecule is C=C(C)C(=O)OCCCC(CC)Oc1cccc(N(c2ccccc2)c2ccc3c(c2)C(CC)(CC)c2cc(-c4nc5ccccc5s4)ccc2-3)c1. The van der Waals surface area contributed by atoms with Crippen LogP contribution in [0.2, 0.25) is 0 Å². The fourth-order valence-corrected chi connectivity index (χ4v) is 8.58. The van der Waals surface area contributed by atoms with Crippen LogP contribution < -0.4 is 9.64 Å². The van der Waals surface area contributed by atoms with E-state index in [1.54, 1.807) is 18.3 Å². The summed E-state index contributed by atoms with van der Waals surface area (Å²) in [4.78, 5) is 19.1. The fourth-order valence-electron chi connectivity index (χ4n) is 7.62.